The van der Waals surface area contributed by atoms with Crippen LogP contribution in [0.25, 0.3) is 0 Å². The molecule has 0 aromatic rings. The second-order valence-electron chi connectivity index (χ2n) is 2.48. The van der Waals surface area contributed by atoms with E-state index in [-0.39, 0.29) is 0 Å². The fourth-order valence-corrected chi connectivity index (χ4v) is 1.23. The summed E-state index contributed by atoms with van der Waals surface area (Å²) in [6.45, 7) is 2.16. The molecule has 1 aliphatic rings. The summed E-state index contributed by atoms with van der Waals surface area (Å²) >= 11 is 0. The van der Waals surface area contributed by atoms with Crippen molar-refractivity contribution in [3.05, 3.63) is 0 Å². The van der Waals surface area contributed by atoms with Crippen molar-refractivity contribution in [2.24, 2.45) is 11.8 Å². The van der Waals surface area contributed by atoms with Crippen LogP contribution in [0.2, 0.25) is 0 Å². The molecule has 0 radical (unpaired) electrons. The molecule has 44 valence electrons. The molecule has 0 amide bonds. The molecule has 1 rings (SSSR count). The minimum Gasteiger partial charge on any atom is -0.198 e. The molecule has 1 saturated carbocycles. The zero-order chi connectivity index (χ0) is 5.98. The van der Waals surface area contributed by atoms with Gasteiger partial charge >= 0.3 is 0 Å². The largest absolute Gasteiger partial charge is 0.198 e. The number of nitriles is 1. The first-order chi connectivity index (χ1) is 3.88. The van der Waals surface area contributed by atoms with E-state index in [0.29, 0.717) is 5.92 Å². The Morgan fingerprint density at radius 3 is 2.50 bits per heavy atom. The third-order valence-electron chi connectivity index (χ3n) is 2.11. The molecule has 0 heterocycles. The van der Waals surface area contributed by atoms with Gasteiger partial charge < -0.3 is 0 Å². The van der Waals surface area contributed by atoms with Gasteiger partial charge in [-0.1, -0.05) is 13.3 Å². The van der Waals surface area contributed by atoms with E-state index in [1.807, 2.05) is 0 Å². The van der Waals surface area contributed by atoms with Crippen molar-refractivity contribution < 1.29 is 0 Å². The maximum Gasteiger partial charge on any atom is 0.0658 e. The molecule has 0 aromatic carbocycles. The summed E-state index contributed by atoms with van der Waals surface area (Å²) < 4.78 is 0. The van der Waals surface area contributed by atoms with E-state index in [9.17, 15) is 0 Å². The van der Waals surface area contributed by atoms with Crippen molar-refractivity contribution in [2.75, 3.05) is 0 Å². The highest BCUT2D eigenvalue weighted by atomic mass is 14.4. The van der Waals surface area contributed by atoms with E-state index >= 15 is 0 Å². The van der Waals surface area contributed by atoms with Crippen LogP contribution in [0, 0.1) is 23.2 Å². The molecule has 1 aliphatic carbocycles. The van der Waals surface area contributed by atoms with Crippen LogP contribution in [0.5, 0.6) is 0 Å². The molecule has 0 aliphatic heterocycles. The van der Waals surface area contributed by atoms with Gasteiger partial charge in [-0.3, -0.25) is 0 Å². The minimum atomic E-state index is 0.403. The van der Waals surface area contributed by atoms with Crippen molar-refractivity contribution in [2.45, 2.75) is 26.2 Å². The Bertz CT molecular complexity index is 110. The molecule has 0 N–H and O–H groups in total. The highest BCUT2D eigenvalue weighted by Crippen LogP contribution is 2.35. The minimum absolute atomic E-state index is 0.403. The first kappa shape index (κ1) is 5.62. The van der Waals surface area contributed by atoms with E-state index in [1.54, 1.807) is 0 Å². The van der Waals surface area contributed by atoms with Gasteiger partial charge in [0.2, 0.25) is 0 Å². The maximum absolute atomic E-state index is 8.44. The molecule has 0 spiro atoms. The van der Waals surface area contributed by atoms with Gasteiger partial charge in [-0.05, 0) is 18.8 Å². The summed E-state index contributed by atoms with van der Waals surface area (Å²) in [7, 11) is 0. The number of hydrogen-bond acceptors (Lipinski definition) is 1. The topological polar surface area (TPSA) is 23.8 Å². The van der Waals surface area contributed by atoms with E-state index in [4.69, 9.17) is 5.26 Å². The SMILES string of the molecule is CCC1CCC1C#N. The Hall–Kier alpha value is -0.510. The third kappa shape index (κ3) is 0.709. The van der Waals surface area contributed by atoms with Crippen LogP contribution in [0.1, 0.15) is 26.2 Å². The Labute approximate surface area is 50.3 Å². The normalized spacial score (nSPS) is 35.5. The van der Waals surface area contributed by atoms with Gasteiger partial charge in [0, 0.05) is 5.92 Å². The quantitative estimate of drug-likeness (QED) is 0.505. The van der Waals surface area contributed by atoms with Crippen LogP contribution >= 0.6 is 0 Å². The monoisotopic (exact) mass is 109 g/mol. The van der Waals surface area contributed by atoms with Gasteiger partial charge in [0.05, 0.1) is 6.07 Å². The van der Waals surface area contributed by atoms with Crippen LogP contribution < -0.4 is 0 Å². The van der Waals surface area contributed by atoms with Crippen molar-refractivity contribution in [3.8, 4) is 6.07 Å². The fourth-order valence-electron chi connectivity index (χ4n) is 1.23. The molecule has 8 heavy (non-hydrogen) atoms. The third-order valence-corrected chi connectivity index (χ3v) is 2.11. The van der Waals surface area contributed by atoms with E-state index in [2.05, 4.69) is 13.0 Å². The molecule has 2 unspecified atom stereocenters. The van der Waals surface area contributed by atoms with Gasteiger partial charge in [0.25, 0.3) is 0 Å². The smallest absolute Gasteiger partial charge is 0.0658 e. The van der Waals surface area contributed by atoms with Crippen molar-refractivity contribution in [1.29, 1.82) is 5.26 Å². The van der Waals surface area contributed by atoms with Gasteiger partial charge in [-0.2, -0.15) is 5.26 Å². The molecule has 1 heteroatoms. The average Bonchev–Trinajstić information content (AvgIpc) is 1.66. The second kappa shape index (κ2) is 2.17. The predicted octanol–water partition coefficient (Wildman–Crippen LogP) is 1.95. The van der Waals surface area contributed by atoms with Crippen molar-refractivity contribution in [3.63, 3.8) is 0 Å². The van der Waals surface area contributed by atoms with Crippen LogP contribution in [-0.2, 0) is 0 Å². The highest BCUT2D eigenvalue weighted by Gasteiger charge is 2.28. The first-order valence-corrected chi connectivity index (χ1v) is 3.28. The molecule has 1 fully saturated rings. The Morgan fingerprint density at radius 2 is 2.38 bits per heavy atom. The molecule has 1 nitrogen and oxygen atoms in total. The number of hydrogen-bond donors (Lipinski definition) is 0. The molecule has 0 bridgehead atoms. The second-order valence-corrected chi connectivity index (χ2v) is 2.48. The average molecular weight is 109 g/mol. The van der Waals surface area contributed by atoms with Crippen molar-refractivity contribution in [1.82, 2.24) is 0 Å². The van der Waals surface area contributed by atoms with Crippen molar-refractivity contribution >= 4 is 0 Å². The van der Waals surface area contributed by atoms with Crippen LogP contribution in [0.15, 0.2) is 0 Å². The highest BCUT2D eigenvalue weighted by molar-refractivity contribution is 4.94. The Balaban J connectivity index is 2.29. The molecular weight excluding hydrogens is 98.1 g/mol. The summed E-state index contributed by atoms with van der Waals surface area (Å²) in [6.07, 6.45) is 3.63. The van der Waals surface area contributed by atoms with E-state index in [1.165, 1.54) is 12.8 Å². The summed E-state index contributed by atoms with van der Waals surface area (Å²) in [5.41, 5.74) is 0. The lowest BCUT2D eigenvalue weighted by molar-refractivity contribution is 0.227. The standard InChI is InChI=1S/C7H11N/c1-2-6-3-4-7(6)5-8/h6-7H,2-4H2,1H3. The van der Waals surface area contributed by atoms with Gasteiger partial charge in [0.15, 0.2) is 0 Å². The predicted molar refractivity (Wildman–Crippen MR) is 32.1 cm³/mol. The molecule has 2 atom stereocenters. The van der Waals surface area contributed by atoms with Gasteiger partial charge in [-0.25, -0.2) is 0 Å². The Morgan fingerprint density at radius 1 is 1.62 bits per heavy atom. The summed E-state index contributed by atoms with van der Waals surface area (Å²) in [5.74, 6) is 1.14. The summed E-state index contributed by atoms with van der Waals surface area (Å²) in [5, 5.41) is 8.44. The molecule has 0 saturated heterocycles. The van der Waals surface area contributed by atoms with E-state index in [0.717, 1.165) is 12.3 Å². The molecular formula is C7H11N. The summed E-state index contributed by atoms with van der Waals surface area (Å²) in [4.78, 5) is 0. The van der Waals surface area contributed by atoms with E-state index < -0.39 is 0 Å². The summed E-state index contributed by atoms with van der Waals surface area (Å²) in [6, 6.07) is 2.30. The molecule has 0 aromatic heterocycles. The van der Waals surface area contributed by atoms with Crippen LogP contribution in [-0.4, -0.2) is 0 Å². The number of nitrogens with zero attached hydrogens (tertiary/aromatic N) is 1. The maximum atomic E-state index is 8.44. The van der Waals surface area contributed by atoms with Crippen LogP contribution in [0.3, 0.4) is 0 Å². The zero-order valence-corrected chi connectivity index (χ0v) is 5.22. The lowest BCUT2D eigenvalue weighted by atomic mass is 9.73. The fraction of sp³-hybridized carbons (Fsp3) is 0.857. The zero-order valence-electron chi connectivity index (χ0n) is 5.22. The number of rotatable bonds is 1. The lowest BCUT2D eigenvalue weighted by Crippen LogP contribution is -2.23. The van der Waals surface area contributed by atoms with Gasteiger partial charge in [-0.15, -0.1) is 0 Å². The lowest BCUT2D eigenvalue weighted by Gasteiger charge is -2.29. The van der Waals surface area contributed by atoms with Gasteiger partial charge in [0.1, 0.15) is 0 Å². The first-order valence-electron chi connectivity index (χ1n) is 3.28. The Kier molecular flexibility index (Phi) is 1.53. The van der Waals surface area contributed by atoms with Crippen LogP contribution in [0.4, 0.5) is 0 Å².